The fourth-order valence-corrected chi connectivity index (χ4v) is 3.03. The van der Waals surface area contributed by atoms with Crippen LogP contribution in [0.4, 0.5) is 5.69 Å². The Morgan fingerprint density at radius 3 is 2.53 bits per heavy atom. The minimum absolute atomic E-state index is 0.0156. The van der Waals surface area contributed by atoms with Crippen molar-refractivity contribution in [1.82, 2.24) is 10.2 Å². The zero-order valence-electron chi connectivity index (χ0n) is 17.4. The molecule has 2 atom stereocenters. The Kier molecular flexibility index (Phi) is 6.63. The summed E-state index contributed by atoms with van der Waals surface area (Å²) in [5.74, 6) is 2.26. The lowest BCUT2D eigenvalue weighted by atomic mass is 10.1. The van der Waals surface area contributed by atoms with Crippen molar-refractivity contribution in [2.75, 3.05) is 20.8 Å². The van der Waals surface area contributed by atoms with E-state index < -0.39 is 4.92 Å². The van der Waals surface area contributed by atoms with Crippen molar-refractivity contribution in [3.8, 4) is 23.0 Å². The summed E-state index contributed by atoms with van der Waals surface area (Å²) in [6.07, 6.45) is 0. The number of aromatic nitrogens is 2. The number of nitrogens with zero attached hydrogens (tertiary/aromatic N) is 3. The zero-order chi connectivity index (χ0) is 21.7. The fraction of sp³-hybridized carbons (Fsp3) is 0.333. The molecule has 0 aliphatic heterocycles. The van der Waals surface area contributed by atoms with Gasteiger partial charge >= 0.3 is 0 Å². The summed E-state index contributed by atoms with van der Waals surface area (Å²) in [4.78, 5) is 11.5. The molecule has 9 heteroatoms. The van der Waals surface area contributed by atoms with Gasteiger partial charge in [-0.3, -0.25) is 10.1 Å². The molecule has 3 aromatic rings. The third-order valence-electron chi connectivity index (χ3n) is 4.89. The number of quaternary nitrogens is 1. The van der Waals surface area contributed by atoms with Crippen LogP contribution in [0.2, 0.25) is 0 Å². The highest BCUT2D eigenvalue weighted by molar-refractivity contribution is 5.55. The molecule has 9 nitrogen and oxygen atoms in total. The van der Waals surface area contributed by atoms with Gasteiger partial charge in [0.25, 0.3) is 11.6 Å². The number of hydrogen-bond acceptors (Lipinski definition) is 7. The van der Waals surface area contributed by atoms with Crippen molar-refractivity contribution in [3.63, 3.8) is 0 Å². The van der Waals surface area contributed by atoms with Gasteiger partial charge in [0.15, 0.2) is 17.5 Å². The van der Waals surface area contributed by atoms with Gasteiger partial charge < -0.3 is 18.8 Å². The Bertz CT molecular complexity index is 1000. The van der Waals surface area contributed by atoms with Gasteiger partial charge in [-0.2, -0.15) is 0 Å². The minimum Gasteiger partial charge on any atom is -0.493 e. The number of nitro groups is 1. The lowest BCUT2D eigenvalue weighted by molar-refractivity contribution is -0.925. The largest absolute Gasteiger partial charge is 0.493 e. The smallest absolute Gasteiger partial charge is 0.274 e. The van der Waals surface area contributed by atoms with Gasteiger partial charge in [0.1, 0.15) is 6.54 Å². The highest BCUT2D eigenvalue weighted by atomic mass is 16.6. The predicted octanol–water partition coefficient (Wildman–Crippen LogP) is 2.83. The van der Waals surface area contributed by atoms with Crippen LogP contribution in [-0.4, -0.2) is 35.9 Å². The SMILES string of the molecule is CCOc1ccc(C[NH+](C)[C@H](C)c2nnc(-c3ccc([N+](=O)[O-])cc3)o2)cc1OC. The number of ether oxygens (including phenoxy) is 2. The van der Waals surface area contributed by atoms with Crippen molar-refractivity contribution in [2.45, 2.75) is 26.4 Å². The average molecular weight is 413 g/mol. The Morgan fingerprint density at radius 2 is 1.90 bits per heavy atom. The maximum atomic E-state index is 10.8. The Hall–Kier alpha value is -3.46. The van der Waals surface area contributed by atoms with Crippen molar-refractivity contribution >= 4 is 5.69 Å². The maximum absolute atomic E-state index is 10.8. The number of non-ortho nitro benzene ring substituents is 1. The van der Waals surface area contributed by atoms with Crippen molar-refractivity contribution in [2.24, 2.45) is 0 Å². The number of hydrogen-bond donors (Lipinski definition) is 1. The zero-order valence-corrected chi connectivity index (χ0v) is 17.4. The molecule has 0 spiro atoms. The summed E-state index contributed by atoms with van der Waals surface area (Å²) in [5.41, 5.74) is 1.75. The normalized spacial score (nSPS) is 12.9. The maximum Gasteiger partial charge on any atom is 0.274 e. The molecule has 0 fully saturated rings. The molecule has 1 N–H and O–H groups in total. The third kappa shape index (κ3) is 4.74. The molecular formula is C21H25N4O5+. The number of benzene rings is 2. The van der Waals surface area contributed by atoms with Crippen molar-refractivity contribution in [1.29, 1.82) is 0 Å². The van der Waals surface area contributed by atoms with Gasteiger partial charge in [-0.25, -0.2) is 0 Å². The Balaban J connectivity index is 1.71. The van der Waals surface area contributed by atoms with E-state index >= 15 is 0 Å². The summed E-state index contributed by atoms with van der Waals surface area (Å²) in [7, 11) is 3.67. The van der Waals surface area contributed by atoms with E-state index in [-0.39, 0.29) is 11.7 Å². The summed E-state index contributed by atoms with van der Waals surface area (Å²) in [6, 6.07) is 11.9. The van der Waals surface area contributed by atoms with Gasteiger partial charge in [-0.1, -0.05) is 0 Å². The molecule has 0 aliphatic rings. The van der Waals surface area contributed by atoms with Gasteiger partial charge in [-0.05, 0) is 44.2 Å². The van der Waals surface area contributed by atoms with Crippen molar-refractivity contribution < 1.29 is 23.7 Å². The molecule has 1 unspecified atom stereocenters. The van der Waals surface area contributed by atoms with Crippen LogP contribution < -0.4 is 14.4 Å². The number of nitro benzene ring substituents is 1. The molecule has 0 amide bonds. The second-order valence-corrected chi connectivity index (χ2v) is 6.91. The molecule has 0 saturated carbocycles. The summed E-state index contributed by atoms with van der Waals surface area (Å²) in [5, 5.41) is 19.1. The molecule has 0 aliphatic carbocycles. The van der Waals surface area contributed by atoms with Crippen LogP contribution in [0.1, 0.15) is 31.3 Å². The van der Waals surface area contributed by atoms with Crippen LogP contribution in [0.3, 0.4) is 0 Å². The lowest BCUT2D eigenvalue weighted by Gasteiger charge is -2.19. The number of nitrogens with one attached hydrogen (secondary N) is 1. The summed E-state index contributed by atoms with van der Waals surface area (Å²) in [6.45, 7) is 5.24. The lowest BCUT2D eigenvalue weighted by Crippen LogP contribution is -3.07. The second kappa shape index (κ2) is 9.36. The first-order valence-corrected chi connectivity index (χ1v) is 9.63. The van der Waals surface area contributed by atoms with E-state index in [1.54, 1.807) is 19.2 Å². The van der Waals surface area contributed by atoms with Gasteiger partial charge in [-0.15, -0.1) is 10.2 Å². The van der Waals surface area contributed by atoms with Crippen LogP contribution >= 0.6 is 0 Å². The standard InChI is InChI=1S/C21H24N4O5/c1-5-29-18-11-6-15(12-19(18)28-4)13-24(3)14(2)20-22-23-21(30-20)16-7-9-17(10-8-16)25(26)27/h6-12,14H,5,13H2,1-4H3/p+1/t14-/m1/s1. The predicted molar refractivity (Wildman–Crippen MR) is 110 cm³/mol. The van der Waals surface area contributed by atoms with Crippen LogP contribution in [0.15, 0.2) is 46.9 Å². The van der Waals surface area contributed by atoms with E-state index in [1.165, 1.54) is 12.1 Å². The highest BCUT2D eigenvalue weighted by Gasteiger charge is 2.23. The van der Waals surface area contributed by atoms with E-state index in [2.05, 4.69) is 10.2 Å². The molecular weight excluding hydrogens is 388 g/mol. The average Bonchev–Trinajstić information content (AvgIpc) is 3.24. The molecule has 2 aromatic carbocycles. The van der Waals surface area contributed by atoms with Gasteiger partial charge in [0.2, 0.25) is 5.89 Å². The highest BCUT2D eigenvalue weighted by Crippen LogP contribution is 2.28. The summed E-state index contributed by atoms with van der Waals surface area (Å²) < 4.78 is 16.8. The quantitative estimate of drug-likeness (QED) is 0.425. The molecule has 30 heavy (non-hydrogen) atoms. The summed E-state index contributed by atoms with van der Waals surface area (Å²) >= 11 is 0. The topological polar surface area (TPSA) is 105 Å². The number of methoxy groups -OCH3 is 1. The van der Waals surface area contributed by atoms with Crippen LogP contribution in [0, 0.1) is 10.1 Å². The molecule has 0 radical (unpaired) electrons. The third-order valence-corrected chi connectivity index (χ3v) is 4.89. The van der Waals surface area contributed by atoms with Crippen LogP contribution in [0.5, 0.6) is 11.5 Å². The van der Waals surface area contributed by atoms with Gasteiger partial charge in [0, 0.05) is 23.3 Å². The van der Waals surface area contributed by atoms with E-state index in [1.807, 2.05) is 39.1 Å². The van der Waals surface area contributed by atoms with E-state index in [0.717, 1.165) is 22.8 Å². The van der Waals surface area contributed by atoms with Gasteiger partial charge in [0.05, 0.1) is 25.7 Å². The van der Waals surface area contributed by atoms with Crippen molar-refractivity contribution in [3.05, 3.63) is 64.0 Å². The van der Waals surface area contributed by atoms with E-state index in [4.69, 9.17) is 13.9 Å². The molecule has 3 rings (SSSR count). The first-order chi connectivity index (χ1) is 14.4. The van der Waals surface area contributed by atoms with E-state index in [9.17, 15) is 10.1 Å². The fourth-order valence-electron chi connectivity index (χ4n) is 3.03. The first-order valence-electron chi connectivity index (χ1n) is 9.63. The van der Waals surface area contributed by atoms with Crippen LogP contribution in [0.25, 0.3) is 11.5 Å². The molecule has 0 saturated heterocycles. The van der Waals surface area contributed by atoms with Crippen LogP contribution in [-0.2, 0) is 6.54 Å². The monoisotopic (exact) mass is 413 g/mol. The molecule has 1 aromatic heterocycles. The minimum atomic E-state index is -0.445. The molecule has 1 heterocycles. The Labute approximate surface area is 174 Å². The molecule has 0 bridgehead atoms. The second-order valence-electron chi connectivity index (χ2n) is 6.91. The Morgan fingerprint density at radius 1 is 1.17 bits per heavy atom. The number of rotatable bonds is 9. The molecule has 158 valence electrons. The first kappa shape index (κ1) is 21.3. The van der Waals surface area contributed by atoms with E-state index in [0.29, 0.717) is 29.7 Å².